The molecule has 2 aliphatic rings. The van der Waals surface area contributed by atoms with Crippen LogP contribution in [-0.2, 0) is 9.47 Å². The minimum absolute atomic E-state index is 0.405. The Balaban J connectivity index is 1.52. The number of hydrogen-bond donors (Lipinski definition) is 1. The van der Waals surface area contributed by atoms with E-state index in [1.165, 1.54) is 0 Å². The summed E-state index contributed by atoms with van der Waals surface area (Å²) >= 11 is 0. The molecule has 8 nitrogen and oxygen atoms in total. The fraction of sp³-hybridized carbons (Fsp3) is 0.500. The van der Waals surface area contributed by atoms with Crippen LogP contribution in [0.15, 0.2) is 24.3 Å². The number of rotatable bonds is 5. The van der Waals surface area contributed by atoms with Crippen molar-refractivity contribution in [3.63, 3.8) is 0 Å². The predicted octanol–water partition coefficient (Wildman–Crippen LogP) is 2.89. The predicted molar refractivity (Wildman–Crippen MR) is 106 cm³/mol. The number of aromatic nitrogens is 2. The normalized spacial score (nSPS) is 18.3. The third-order valence-electron chi connectivity index (χ3n) is 5.14. The molecule has 0 unspecified atom stereocenters. The molecule has 0 bridgehead atoms. The van der Waals surface area contributed by atoms with Crippen LogP contribution in [0.4, 0.5) is 17.5 Å². The molecule has 0 atom stereocenters. The Morgan fingerprint density at radius 2 is 1.79 bits per heavy atom. The number of methoxy groups -OCH3 is 2. The Bertz CT molecular complexity index is 829. The molecule has 4 rings (SSSR count). The lowest BCUT2D eigenvalue weighted by Crippen LogP contribution is -2.45. The summed E-state index contributed by atoms with van der Waals surface area (Å²) in [7, 11) is 3.26. The van der Waals surface area contributed by atoms with E-state index in [9.17, 15) is 0 Å². The fourth-order valence-electron chi connectivity index (χ4n) is 3.63. The molecule has 2 aromatic rings. The molecule has 1 spiro atoms. The van der Waals surface area contributed by atoms with Gasteiger partial charge < -0.3 is 29.2 Å². The molecule has 28 heavy (non-hydrogen) atoms. The molecule has 2 saturated heterocycles. The summed E-state index contributed by atoms with van der Waals surface area (Å²) in [6.07, 6.45) is 1.64. The van der Waals surface area contributed by atoms with Gasteiger partial charge in [-0.05, 0) is 19.1 Å². The zero-order valence-corrected chi connectivity index (χ0v) is 16.5. The summed E-state index contributed by atoms with van der Waals surface area (Å²) in [6.45, 7) is 4.93. The number of benzene rings is 1. The summed E-state index contributed by atoms with van der Waals surface area (Å²) in [5, 5.41) is 3.34. The van der Waals surface area contributed by atoms with Gasteiger partial charge in [-0.3, -0.25) is 0 Å². The smallest absolute Gasteiger partial charge is 0.227 e. The minimum atomic E-state index is -0.405. The maximum Gasteiger partial charge on any atom is 0.227 e. The molecule has 0 amide bonds. The van der Waals surface area contributed by atoms with Crippen molar-refractivity contribution in [1.82, 2.24) is 9.97 Å². The molecule has 1 aromatic carbocycles. The van der Waals surface area contributed by atoms with Gasteiger partial charge in [-0.2, -0.15) is 4.98 Å². The van der Waals surface area contributed by atoms with E-state index in [1.807, 2.05) is 31.2 Å². The largest absolute Gasteiger partial charge is 0.497 e. The Labute approximate surface area is 164 Å². The first-order valence-corrected chi connectivity index (χ1v) is 9.48. The Kier molecular flexibility index (Phi) is 5.23. The van der Waals surface area contributed by atoms with Crippen molar-refractivity contribution in [2.24, 2.45) is 0 Å². The van der Waals surface area contributed by atoms with Crippen LogP contribution in [0.25, 0.3) is 0 Å². The van der Waals surface area contributed by atoms with Crippen molar-refractivity contribution in [1.29, 1.82) is 0 Å². The molecular weight excluding hydrogens is 360 g/mol. The maximum absolute atomic E-state index is 5.81. The van der Waals surface area contributed by atoms with Crippen molar-refractivity contribution in [2.75, 3.05) is 50.7 Å². The fourth-order valence-corrected chi connectivity index (χ4v) is 3.63. The first-order chi connectivity index (χ1) is 13.6. The minimum Gasteiger partial charge on any atom is -0.497 e. The van der Waals surface area contributed by atoms with E-state index < -0.39 is 5.79 Å². The highest BCUT2D eigenvalue weighted by molar-refractivity contribution is 5.66. The second kappa shape index (κ2) is 7.81. The molecule has 1 N–H and O–H groups in total. The highest BCUT2D eigenvalue weighted by atomic mass is 16.7. The van der Waals surface area contributed by atoms with Gasteiger partial charge in [-0.25, -0.2) is 4.98 Å². The number of hydrogen-bond acceptors (Lipinski definition) is 8. The molecule has 2 fully saturated rings. The molecule has 8 heteroatoms. The van der Waals surface area contributed by atoms with E-state index in [2.05, 4.69) is 15.2 Å². The zero-order chi connectivity index (χ0) is 19.6. The van der Waals surface area contributed by atoms with Crippen LogP contribution in [0.3, 0.4) is 0 Å². The van der Waals surface area contributed by atoms with Gasteiger partial charge in [0, 0.05) is 43.8 Å². The number of anilines is 3. The third-order valence-corrected chi connectivity index (χ3v) is 5.14. The number of nitrogens with one attached hydrogen (secondary N) is 1. The van der Waals surface area contributed by atoms with Crippen molar-refractivity contribution >= 4 is 17.5 Å². The van der Waals surface area contributed by atoms with Crippen LogP contribution in [0, 0.1) is 6.92 Å². The van der Waals surface area contributed by atoms with E-state index in [0.29, 0.717) is 24.9 Å². The first-order valence-electron chi connectivity index (χ1n) is 9.48. The lowest BCUT2D eigenvalue weighted by Gasteiger charge is -2.37. The van der Waals surface area contributed by atoms with Gasteiger partial charge in [0.2, 0.25) is 5.95 Å². The topological polar surface area (TPSA) is 78.0 Å². The van der Waals surface area contributed by atoms with Gasteiger partial charge in [0.25, 0.3) is 0 Å². The monoisotopic (exact) mass is 386 g/mol. The van der Waals surface area contributed by atoms with Gasteiger partial charge >= 0.3 is 0 Å². The van der Waals surface area contributed by atoms with E-state index in [0.717, 1.165) is 48.9 Å². The van der Waals surface area contributed by atoms with Crippen LogP contribution in [0.5, 0.6) is 11.5 Å². The number of aryl methyl sites for hydroxylation is 1. The highest BCUT2D eigenvalue weighted by Crippen LogP contribution is 2.34. The first kappa shape index (κ1) is 18.8. The number of piperidine rings is 1. The van der Waals surface area contributed by atoms with Crippen LogP contribution < -0.4 is 19.7 Å². The standard InChI is InChI=1S/C20H26N4O4/c1-14-12-18(22-16-5-4-15(25-2)13-17(16)26-3)23-19(21-14)24-8-6-20(7-9-24)27-10-11-28-20/h4-5,12-13H,6-11H2,1-3H3,(H,21,22,23). The summed E-state index contributed by atoms with van der Waals surface area (Å²) in [6, 6.07) is 7.55. The summed E-state index contributed by atoms with van der Waals surface area (Å²) < 4.78 is 22.3. The van der Waals surface area contributed by atoms with E-state index in [-0.39, 0.29) is 0 Å². The average molecular weight is 386 g/mol. The van der Waals surface area contributed by atoms with Gasteiger partial charge in [0.05, 0.1) is 33.1 Å². The summed E-state index contributed by atoms with van der Waals surface area (Å²) in [5.74, 6) is 2.45. The van der Waals surface area contributed by atoms with E-state index in [4.69, 9.17) is 23.9 Å². The molecule has 0 radical (unpaired) electrons. The average Bonchev–Trinajstić information content (AvgIpc) is 3.16. The van der Waals surface area contributed by atoms with Gasteiger partial charge in [-0.15, -0.1) is 0 Å². The van der Waals surface area contributed by atoms with Crippen molar-refractivity contribution in [2.45, 2.75) is 25.6 Å². The van der Waals surface area contributed by atoms with Crippen molar-refractivity contribution < 1.29 is 18.9 Å². The molecular formula is C20H26N4O4. The lowest BCUT2D eigenvalue weighted by molar-refractivity contribution is -0.169. The molecule has 1 aromatic heterocycles. The van der Waals surface area contributed by atoms with Crippen LogP contribution in [-0.4, -0.2) is 56.3 Å². The van der Waals surface area contributed by atoms with Gasteiger partial charge in [0.1, 0.15) is 17.3 Å². The molecule has 150 valence electrons. The van der Waals surface area contributed by atoms with E-state index >= 15 is 0 Å². The molecule has 0 saturated carbocycles. The molecule has 0 aliphatic carbocycles. The Morgan fingerprint density at radius 1 is 1.04 bits per heavy atom. The second-order valence-corrected chi connectivity index (χ2v) is 6.98. The Hall–Kier alpha value is -2.58. The van der Waals surface area contributed by atoms with Crippen LogP contribution in [0.1, 0.15) is 18.5 Å². The van der Waals surface area contributed by atoms with E-state index in [1.54, 1.807) is 14.2 Å². The summed E-state index contributed by atoms with van der Waals surface area (Å²) in [5.41, 5.74) is 1.71. The maximum atomic E-state index is 5.81. The van der Waals surface area contributed by atoms with Crippen LogP contribution in [0.2, 0.25) is 0 Å². The molecule has 3 heterocycles. The van der Waals surface area contributed by atoms with Crippen molar-refractivity contribution in [3.05, 3.63) is 30.0 Å². The number of ether oxygens (including phenoxy) is 4. The van der Waals surface area contributed by atoms with Crippen LogP contribution >= 0.6 is 0 Å². The van der Waals surface area contributed by atoms with Gasteiger partial charge in [0.15, 0.2) is 5.79 Å². The summed E-state index contributed by atoms with van der Waals surface area (Å²) in [4.78, 5) is 11.5. The Morgan fingerprint density at radius 3 is 2.46 bits per heavy atom. The SMILES string of the molecule is COc1ccc(Nc2cc(C)nc(N3CCC4(CC3)OCCO4)n2)c(OC)c1. The quantitative estimate of drug-likeness (QED) is 0.841. The van der Waals surface area contributed by atoms with Crippen molar-refractivity contribution in [3.8, 4) is 11.5 Å². The highest BCUT2D eigenvalue weighted by Gasteiger charge is 2.40. The zero-order valence-electron chi connectivity index (χ0n) is 16.5. The second-order valence-electron chi connectivity index (χ2n) is 6.98. The number of nitrogens with zero attached hydrogens (tertiary/aromatic N) is 3. The molecule has 2 aliphatic heterocycles. The lowest BCUT2D eigenvalue weighted by atomic mass is 10.0. The third kappa shape index (κ3) is 3.83. The van der Waals surface area contributed by atoms with Gasteiger partial charge in [-0.1, -0.05) is 0 Å².